The van der Waals surface area contributed by atoms with E-state index in [1.54, 1.807) is 0 Å². The van der Waals surface area contributed by atoms with Crippen molar-refractivity contribution >= 4 is 5.97 Å². The van der Waals surface area contributed by atoms with E-state index in [0.717, 1.165) is 16.7 Å². The number of nitrogens with zero attached hydrogens (tertiary/aromatic N) is 2. The molecule has 0 atom stereocenters. The van der Waals surface area contributed by atoms with E-state index >= 15 is 0 Å². The van der Waals surface area contributed by atoms with E-state index in [4.69, 9.17) is 9.84 Å². The second-order valence-corrected chi connectivity index (χ2v) is 4.24. The van der Waals surface area contributed by atoms with Crippen molar-refractivity contribution in [3.05, 3.63) is 41.1 Å². The Kier molecular flexibility index (Phi) is 3.46. The third-order valence-electron chi connectivity index (χ3n) is 2.76. The fourth-order valence-electron chi connectivity index (χ4n) is 1.74. The van der Waals surface area contributed by atoms with Gasteiger partial charge in [-0.3, -0.25) is 0 Å². The molecule has 2 aromatic rings. The molecule has 1 N–H and O–H groups in total. The lowest BCUT2D eigenvalue weighted by Gasteiger charge is -2.08. The fourth-order valence-corrected chi connectivity index (χ4v) is 1.74. The van der Waals surface area contributed by atoms with Gasteiger partial charge in [-0.25, -0.2) is 9.78 Å². The van der Waals surface area contributed by atoms with Gasteiger partial charge in [0.1, 0.15) is 0 Å². The highest BCUT2D eigenvalue weighted by Gasteiger charge is 2.13. The number of aromatic carboxylic acids is 1. The molecule has 0 saturated carbocycles. The van der Waals surface area contributed by atoms with Gasteiger partial charge in [-0.05, 0) is 25.5 Å². The van der Waals surface area contributed by atoms with Crippen molar-refractivity contribution in [2.45, 2.75) is 13.8 Å². The van der Waals surface area contributed by atoms with Gasteiger partial charge in [0.25, 0.3) is 0 Å². The highest BCUT2D eigenvalue weighted by molar-refractivity contribution is 5.86. The molecule has 5 nitrogen and oxygen atoms in total. The van der Waals surface area contributed by atoms with Crippen LogP contribution >= 0.6 is 0 Å². The quantitative estimate of drug-likeness (QED) is 0.915. The Balaban J connectivity index is 2.64. The number of benzene rings is 1. The number of carboxylic acid groups (broad SMARTS) is 1. The molecule has 2 rings (SSSR count). The molecular formula is C14H14N2O3. The number of hydrogen-bond donors (Lipinski definition) is 1. The van der Waals surface area contributed by atoms with Gasteiger partial charge in [-0.15, -0.1) is 0 Å². The van der Waals surface area contributed by atoms with Crippen LogP contribution in [0.3, 0.4) is 0 Å². The first-order chi connectivity index (χ1) is 9.01. The second-order valence-electron chi connectivity index (χ2n) is 4.24. The van der Waals surface area contributed by atoms with E-state index in [2.05, 4.69) is 9.97 Å². The molecule has 0 fully saturated rings. The molecule has 98 valence electrons. The molecule has 0 unspecified atom stereocenters. The average Bonchev–Trinajstić information content (AvgIpc) is 2.40. The van der Waals surface area contributed by atoms with E-state index in [-0.39, 0.29) is 11.6 Å². The zero-order valence-electron chi connectivity index (χ0n) is 11.0. The molecular weight excluding hydrogens is 244 g/mol. The monoisotopic (exact) mass is 258 g/mol. The Morgan fingerprint density at radius 2 is 1.95 bits per heavy atom. The van der Waals surface area contributed by atoms with Crippen LogP contribution in [0.4, 0.5) is 0 Å². The van der Waals surface area contributed by atoms with Gasteiger partial charge in [0, 0.05) is 11.6 Å². The van der Waals surface area contributed by atoms with Gasteiger partial charge < -0.3 is 9.84 Å². The highest BCUT2D eigenvalue weighted by Crippen LogP contribution is 2.23. The molecule has 0 aliphatic heterocycles. The SMILES string of the molecule is COc1cc(C(=O)O)nc(-c2cc(C)ccc2C)n1. The summed E-state index contributed by atoms with van der Waals surface area (Å²) in [6, 6.07) is 7.16. The summed E-state index contributed by atoms with van der Waals surface area (Å²) >= 11 is 0. The highest BCUT2D eigenvalue weighted by atomic mass is 16.5. The number of aryl methyl sites for hydroxylation is 2. The topological polar surface area (TPSA) is 72.3 Å². The molecule has 0 spiro atoms. The molecule has 1 heterocycles. The first-order valence-corrected chi connectivity index (χ1v) is 5.75. The number of carbonyl (C=O) groups is 1. The largest absolute Gasteiger partial charge is 0.481 e. The number of ether oxygens (including phenoxy) is 1. The number of rotatable bonds is 3. The number of aromatic nitrogens is 2. The third kappa shape index (κ3) is 2.70. The third-order valence-corrected chi connectivity index (χ3v) is 2.76. The van der Waals surface area contributed by atoms with E-state index in [1.807, 2.05) is 32.0 Å². The molecule has 5 heteroatoms. The van der Waals surface area contributed by atoms with Gasteiger partial charge in [-0.1, -0.05) is 17.7 Å². The fraction of sp³-hybridized carbons (Fsp3) is 0.214. The normalized spacial score (nSPS) is 10.3. The van der Waals surface area contributed by atoms with Crippen LogP contribution in [0.15, 0.2) is 24.3 Å². The smallest absolute Gasteiger partial charge is 0.354 e. The van der Waals surface area contributed by atoms with Crippen LogP contribution in [-0.4, -0.2) is 28.2 Å². The summed E-state index contributed by atoms with van der Waals surface area (Å²) in [7, 11) is 1.45. The minimum absolute atomic E-state index is 0.0808. The van der Waals surface area contributed by atoms with Crippen LogP contribution in [0.2, 0.25) is 0 Å². The van der Waals surface area contributed by atoms with Crippen LogP contribution in [0.25, 0.3) is 11.4 Å². The predicted molar refractivity (Wildman–Crippen MR) is 70.5 cm³/mol. The molecule has 0 saturated heterocycles. The summed E-state index contributed by atoms with van der Waals surface area (Å²) in [4.78, 5) is 19.3. The zero-order valence-corrected chi connectivity index (χ0v) is 11.0. The van der Waals surface area contributed by atoms with Crippen molar-refractivity contribution in [3.8, 4) is 17.3 Å². The lowest BCUT2D eigenvalue weighted by molar-refractivity contribution is 0.0690. The van der Waals surface area contributed by atoms with Gasteiger partial charge in [-0.2, -0.15) is 4.98 Å². The molecule has 0 aliphatic carbocycles. The Morgan fingerprint density at radius 3 is 2.58 bits per heavy atom. The van der Waals surface area contributed by atoms with Crippen LogP contribution in [-0.2, 0) is 0 Å². The maximum atomic E-state index is 11.1. The van der Waals surface area contributed by atoms with E-state index in [9.17, 15) is 4.79 Å². The number of hydrogen-bond acceptors (Lipinski definition) is 4. The van der Waals surface area contributed by atoms with Crippen LogP contribution in [0, 0.1) is 13.8 Å². The maximum Gasteiger partial charge on any atom is 0.354 e. The van der Waals surface area contributed by atoms with Crippen molar-refractivity contribution in [2.75, 3.05) is 7.11 Å². The first-order valence-electron chi connectivity index (χ1n) is 5.75. The molecule has 0 amide bonds. The Labute approximate surface area is 110 Å². The molecule has 0 bridgehead atoms. The van der Waals surface area contributed by atoms with Crippen LogP contribution in [0.1, 0.15) is 21.6 Å². The minimum Gasteiger partial charge on any atom is -0.481 e. The van der Waals surface area contributed by atoms with Gasteiger partial charge >= 0.3 is 5.97 Å². The predicted octanol–water partition coefficient (Wildman–Crippen LogP) is 2.47. The molecule has 0 radical (unpaired) electrons. The zero-order chi connectivity index (χ0) is 14.0. The van der Waals surface area contributed by atoms with Crippen molar-refractivity contribution in [1.29, 1.82) is 0 Å². The first kappa shape index (κ1) is 13.0. The van der Waals surface area contributed by atoms with Gasteiger partial charge in [0.05, 0.1) is 7.11 Å². The Hall–Kier alpha value is -2.43. The number of methoxy groups -OCH3 is 1. The molecule has 0 aliphatic rings. The standard InChI is InChI=1S/C14H14N2O3/c1-8-4-5-9(2)10(6-8)13-15-11(14(17)18)7-12(16-13)19-3/h4-7H,1-3H3,(H,17,18). The van der Waals surface area contributed by atoms with Crippen LogP contribution in [0.5, 0.6) is 5.88 Å². The van der Waals surface area contributed by atoms with Crippen molar-refractivity contribution in [2.24, 2.45) is 0 Å². The van der Waals surface area contributed by atoms with Crippen molar-refractivity contribution < 1.29 is 14.6 Å². The Morgan fingerprint density at radius 1 is 1.21 bits per heavy atom. The van der Waals surface area contributed by atoms with E-state index < -0.39 is 5.97 Å². The van der Waals surface area contributed by atoms with Gasteiger partial charge in [0.15, 0.2) is 11.5 Å². The Bertz CT molecular complexity index is 639. The van der Waals surface area contributed by atoms with E-state index in [1.165, 1.54) is 13.2 Å². The van der Waals surface area contributed by atoms with E-state index in [0.29, 0.717) is 5.82 Å². The average molecular weight is 258 g/mol. The summed E-state index contributed by atoms with van der Waals surface area (Å²) in [5, 5.41) is 9.05. The maximum absolute atomic E-state index is 11.1. The van der Waals surface area contributed by atoms with Crippen molar-refractivity contribution in [1.82, 2.24) is 9.97 Å². The molecule has 1 aromatic carbocycles. The summed E-state index contributed by atoms with van der Waals surface area (Å²) in [6.45, 7) is 3.89. The van der Waals surface area contributed by atoms with Crippen molar-refractivity contribution in [3.63, 3.8) is 0 Å². The second kappa shape index (κ2) is 5.06. The number of carboxylic acids is 1. The summed E-state index contributed by atoms with van der Waals surface area (Å²) in [5.74, 6) is -0.506. The molecule has 1 aromatic heterocycles. The molecule has 19 heavy (non-hydrogen) atoms. The lowest BCUT2D eigenvalue weighted by Crippen LogP contribution is -2.05. The van der Waals surface area contributed by atoms with Crippen LogP contribution < -0.4 is 4.74 Å². The summed E-state index contributed by atoms with van der Waals surface area (Å²) in [5.41, 5.74) is 2.77. The summed E-state index contributed by atoms with van der Waals surface area (Å²) < 4.78 is 5.02. The van der Waals surface area contributed by atoms with Gasteiger partial charge in [0.2, 0.25) is 5.88 Å². The lowest BCUT2D eigenvalue weighted by atomic mass is 10.1. The minimum atomic E-state index is -1.10. The summed E-state index contributed by atoms with van der Waals surface area (Å²) in [6.07, 6.45) is 0.